The number of nitrogens with one attached hydrogen (secondary N) is 1. The lowest BCUT2D eigenvalue weighted by Gasteiger charge is -2.20. The minimum atomic E-state index is -3.77. The van der Waals surface area contributed by atoms with Crippen molar-refractivity contribution in [3.63, 3.8) is 0 Å². The molecule has 1 aliphatic rings. The van der Waals surface area contributed by atoms with Crippen LogP contribution in [0.5, 0.6) is 11.5 Å². The zero-order valence-electron chi connectivity index (χ0n) is 14.5. The van der Waals surface area contributed by atoms with E-state index in [0.717, 1.165) is 5.39 Å². The highest BCUT2D eigenvalue weighted by molar-refractivity contribution is 7.89. The molecule has 3 aromatic carbocycles. The van der Waals surface area contributed by atoms with Gasteiger partial charge in [0.2, 0.25) is 10.0 Å². The van der Waals surface area contributed by atoms with Gasteiger partial charge < -0.3 is 14.6 Å². The summed E-state index contributed by atoms with van der Waals surface area (Å²) in [7, 11) is -3.77. The van der Waals surface area contributed by atoms with E-state index in [1.807, 2.05) is 18.2 Å². The van der Waals surface area contributed by atoms with Crippen LogP contribution in [0, 0.1) is 0 Å². The smallest absolute Gasteiger partial charge is 0.241 e. The number of hydrogen-bond donors (Lipinski definition) is 2. The lowest BCUT2D eigenvalue weighted by molar-refractivity contribution is 0.165. The summed E-state index contributed by atoms with van der Waals surface area (Å²) in [5, 5.41) is 11.9. The Balaban J connectivity index is 1.53. The highest BCUT2D eigenvalue weighted by atomic mass is 32.2. The third-order valence-electron chi connectivity index (χ3n) is 4.46. The topological polar surface area (TPSA) is 84.9 Å². The largest absolute Gasteiger partial charge is 0.486 e. The summed E-state index contributed by atoms with van der Waals surface area (Å²) in [6.07, 6.45) is -1.01. The Morgan fingerprint density at radius 1 is 0.963 bits per heavy atom. The molecule has 3 aromatic rings. The summed E-state index contributed by atoms with van der Waals surface area (Å²) in [5.41, 5.74) is 0.555. The Labute approximate surface area is 157 Å². The molecule has 27 heavy (non-hydrogen) atoms. The van der Waals surface area contributed by atoms with E-state index >= 15 is 0 Å². The van der Waals surface area contributed by atoms with Crippen molar-refractivity contribution in [3.05, 3.63) is 66.2 Å². The molecule has 4 rings (SSSR count). The van der Waals surface area contributed by atoms with Crippen LogP contribution in [0.25, 0.3) is 10.8 Å². The van der Waals surface area contributed by atoms with Gasteiger partial charge in [0.1, 0.15) is 13.2 Å². The molecule has 1 atom stereocenters. The van der Waals surface area contributed by atoms with Crippen molar-refractivity contribution in [1.82, 2.24) is 4.72 Å². The highest BCUT2D eigenvalue weighted by Crippen LogP contribution is 2.32. The van der Waals surface area contributed by atoms with E-state index < -0.39 is 16.1 Å². The Morgan fingerprint density at radius 3 is 2.56 bits per heavy atom. The van der Waals surface area contributed by atoms with Gasteiger partial charge in [-0.3, -0.25) is 0 Å². The van der Waals surface area contributed by atoms with E-state index in [1.165, 1.54) is 0 Å². The Hall–Kier alpha value is -2.61. The lowest BCUT2D eigenvalue weighted by atomic mass is 10.1. The predicted molar refractivity (Wildman–Crippen MR) is 102 cm³/mol. The van der Waals surface area contributed by atoms with Crippen molar-refractivity contribution in [1.29, 1.82) is 0 Å². The number of sulfonamides is 1. The Kier molecular flexibility index (Phi) is 4.73. The summed E-state index contributed by atoms with van der Waals surface area (Å²) in [5.74, 6) is 1.17. The van der Waals surface area contributed by atoms with Crippen LogP contribution >= 0.6 is 0 Å². The van der Waals surface area contributed by atoms with Gasteiger partial charge >= 0.3 is 0 Å². The predicted octanol–water partition coefficient (Wildman–Crippen LogP) is 2.62. The molecule has 7 heteroatoms. The number of rotatable bonds is 5. The average Bonchev–Trinajstić information content (AvgIpc) is 2.71. The Bertz CT molecular complexity index is 1080. The molecular weight excluding hydrogens is 366 g/mol. The maximum absolute atomic E-state index is 12.7. The number of hydrogen-bond acceptors (Lipinski definition) is 5. The van der Waals surface area contributed by atoms with Crippen molar-refractivity contribution in [2.45, 2.75) is 11.0 Å². The van der Waals surface area contributed by atoms with E-state index in [2.05, 4.69) is 4.72 Å². The second-order valence-corrected chi connectivity index (χ2v) is 7.98. The first-order chi connectivity index (χ1) is 13.0. The zero-order valence-corrected chi connectivity index (χ0v) is 15.3. The van der Waals surface area contributed by atoms with Crippen molar-refractivity contribution in [2.24, 2.45) is 0 Å². The summed E-state index contributed by atoms with van der Waals surface area (Å²) in [6, 6.07) is 17.5. The second kappa shape index (κ2) is 7.19. The van der Waals surface area contributed by atoms with Crippen LogP contribution in [0.15, 0.2) is 65.6 Å². The van der Waals surface area contributed by atoms with Crippen LogP contribution < -0.4 is 14.2 Å². The second-order valence-electron chi connectivity index (χ2n) is 6.25. The first kappa shape index (κ1) is 17.8. The van der Waals surface area contributed by atoms with Gasteiger partial charge in [0.05, 0.1) is 11.0 Å². The van der Waals surface area contributed by atoms with Gasteiger partial charge in [-0.1, -0.05) is 42.5 Å². The molecule has 0 fully saturated rings. The fourth-order valence-corrected chi connectivity index (χ4v) is 4.35. The molecule has 1 aliphatic heterocycles. The zero-order chi connectivity index (χ0) is 18.9. The molecule has 0 amide bonds. The van der Waals surface area contributed by atoms with E-state index in [4.69, 9.17) is 9.47 Å². The molecule has 1 heterocycles. The van der Waals surface area contributed by atoms with Gasteiger partial charge in [-0.05, 0) is 29.1 Å². The number of fused-ring (bicyclic) bond motifs is 2. The van der Waals surface area contributed by atoms with Gasteiger partial charge in [0.15, 0.2) is 11.5 Å². The molecule has 2 N–H and O–H groups in total. The maximum Gasteiger partial charge on any atom is 0.241 e. The summed E-state index contributed by atoms with van der Waals surface area (Å²) >= 11 is 0. The number of ether oxygens (including phenoxy) is 2. The molecule has 0 bridgehead atoms. The third kappa shape index (κ3) is 3.62. The molecule has 0 saturated carbocycles. The van der Waals surface area contributed by atoms with Crippen molar-refractivity contribution in [3.8, 4) is 11.5 Å². The summed E-state index contributed by atoms with van der Waals surface area (Å²) in [4.78, 5) is 0.190. The molecule has 0 spiro atoms. The van der Waals surface area contributed by atoms with Crippen LogP contribution in [0.3, 0.4) is 0 Å². The Morgan fingerprint density at radius 2 is 1.70 bits per heavy atom. The third-order valence-corrected chi connectivity index (χ3v) is 5.94. The highest BCUT2D eigenvalue weighted by Gasteiger charge is 2.20. The monoisotopic (exact) mass is 385 g/mol. The number of benzene rings is 3. The average molecular weight is 385 g/mol. The van der Waals surface area contributed by atoms with Crippen LogP contribution in [0.1, 0.15) is 11.7 Å². The van der Waals surface area contributed by atoms with E-state index in [1.54, 1.807) is 42.5 Å². The molecule has 0 aliphatic carbocycles. The SMILES string of the molecule is O=S(=O)(NCC(O)c1ccc2c(c1)OCCO2)c1cccc2ccccc12. The minimum Gasteiger partial charge on any atom is -0.486 e. The summed E-state index contributed by atoms with van der Waals surface area (Å²) in [6.45, 7) is 0.783. The lowest BCUT2D eigenvalue weighted by Crippen LogP contribution is -2.28. The number of aliphatic hydroxyl groups is 1. The molecule has 0 radical (unpaired) electrons. The number of aliphatic hydroxyl groups excluding tert-OH is 1. The summed E-state index contributed by atoms with van der Waals surface area (Å²) < 4.78 is 38.9. The minimum absolute atomic E-state index is 0.148. The molecule has 140 valence electrons. The van der Waals surface area contributed by atoms with E-state index in [9.17, 15) is 13.5 Å². The fraction of sp³-hybridized carbons (Fsp3) is 0.200. The first-order valence-electron chi connectivity index (χ1n) is 8.60. The standard InChI is InChI=1S/C20H19NO5S/c22-17(15-8-9-18-19(12-15)26-11-10-25-18)13-21-27(23,24)20-7-3-5-14-4-1-2-6-16(14)20/h1-9,12,17,21-22H,10-11,13H2. The van der Waals surface area contributed by atoms with Crippen LogP contribution in [0.2, 0.25) is 0 Å². The normalized spacial score (nSPS) is 14.9. The van der Waals surface area contributed by atoms with Crippen LogP contribution in [-0.2, 0) is 10.0 Å². The van der Waals surface area contributed by atoms with Crippen LogP contribution in [-0.4, -0.2) is 33.3 Å². The van der Waals surface area contributed by atoms with Crippen LogP contribution in [0.4, 0.5) is 0 Å². The van der Waals surface area contributed by atoms with Gasteiger partial charge in [-0.2, -0.15) is 0 Å². The van der Waals surface area contributed by atoms with Crippen molar-refractivity contribution < 1.29 is 23.0 Å². The first-order valence-corrected chi connectivity index (χ1v) is 10.1. The molecule has 0 aromatic heterocycles. The van der Waals surface area contributed by atoms with Gasteiger partial charge in [0, 0.05) is 11.9 Å². The van der Waals surface area contributed by atoms with Gasteiger partial charge in [-0.15, -0.1) is 0 Å². The fourth-order valence-electron chi connectivity index (χ4n) is 3.08. The van der Waals surface area contributed by atoms with Gasteiger partial charge in [0.25, 0.3) is 0 Å². The van der Waals surface area contributed by atoms with Crippen molar-refractivity contribution in [2.75, 3.05) is 19.8 Å². The van der Waals surface area contributed by atoms with E-state index in [-0.39, 0.29) is 11.4 Å². The quantitative estimate of drug-likeness (QED) is 0.705. The van der Waals surface area contributed by atoms with Crippen molar-refractivity contribution >= 4 is 20.8 Å². The molecule has 1 unspecified atom stereocenters. The van der Waals surface area contributed by atoms with E-state index in [0.29, 0.717) is 35.7 Å². The molecule has 6 nitrogen and oxygen atoms in total. The van der Waals surface area contributed by atoms with Gasteiger partial charge in [-0.25, -0.2) is 13.1 Å². The molecule has 0 saturated heterocycles. The molecular formula is C20H19NO5S. The maximum atomic E-state index is 12.7.